The fraction of sp³-hybridized carbons (Fsp3) is 0.406. The van der Waals surface area contributed by atoms with Crippen LogP contribution in [0.1, 0.15) is 22.6 Å². The number of nitrogens with one attached hydrogen (secondary N) is 1. The van der Waals surface area contributed by atoms with E-state index in [0.29, 0.717) is 66.3 Å². The Morgan fingerprint density at radius 1 is 1.07 bits per heavy atom. The van der Waals surface area contributed by atoms with Gasteiger partial charge in [-0.15, -0.1) is 0 Å². The Kier molecular flexibility index (Phi) is 9.64. The fourth-order valence-electron chi connectivity index (χ4n) is 5.51. The lowest BCUT2D eigenvalue weighted by Crippen LogP contribution is -2.56. The van der Waals surface area contributed by atoms with Crippen molar-refractivity contribution in [3.05, 3.63) is 77.2 Å². The number of piperazine rings is 1. The average Bonchev–Trinajstić information content (AvgIpc) is 3.34. The molecule has 0 aliphatic carbocycles. The van der Waals surface area contributed by atoms with Crippen LogP contribution in [0.2, 0.25) is 0 Å². The predicted octanol–water partition coefficient (Wildman–Crippen LogP) is 4.64. The topological polar surface area (TPSA) is 99.8 Å². The van der Waals surface area contributed by atoms with Crippen LogP contribution in [0.25, 0.3) is 22.6 Å². The Hall–Kier alpha value is -3.93. The molecule has 0 bridgehead atoms. The van der Waals surface area contributed by atoms with Gasteiger partial charge in [0.2, 0.25) is 0 Å². The monoisotopic (exact) mass is 592 g/mol. The summed E-state index contributed by atoms with van der Waals surface area (Å²) in [7, 11) is 1.76. The van der Waals surface area contributed by atoms with Gasteiger partial charge in [0.25, 0.3) is 6.43 Å². The van der Waals surface area contributed by atoms with Crippen molar-refractivity contribution in [3.63, 3.8) is 0 Å². The number of halogens is 2. The molecule has 2 N–H and O–H groups in total. The summed E-state index contributed by atoms with van der Waals surface area (Å²) in [4.78, 5) is 13.7. The zero-order valence-electron chi connectivity index (χ0n) is 24.9. The number of hydrogen-bond donors (Lipinski definition) is 2. The molecule has 0 radical (unpaired) electrons. The van der Waals surface area contributed by atoms with Crippen molar-refractivity contribution in [1.82, 2.24) is 25.3 Å². The van der Waals surface area contributed by atoms with Crippen LogP contribution in [0.4, 0.5) is 14.6 Å². The summed E-state index contributed by atoms with van der Waals surface area (Å²) in [5.41, 5.74) is 4.56. The number of aliphatic hydroxyl groups excluding tert-OH is 1. The highest BCUT2D eigenvalue weighted by Gasteiger charge is 2.35. The summed E-state index contributed by atoms with van der Waals surface area (Å²) >= 11 is 0. The molecule has 0 amide bonds. The number of likely N-dealkylation sites (N-methyl/N-ethyl adjacent to an activating group) is 1. The fourth-order valence-corrected chi connectivity index (χ4v) is 5.51. The smallest absolute Gasteiger partial charge is 0.255 e. The van der Waals surface area contributed by atoms with E-state index in [9.17, 15) is 13.9 Å². The Bertz CT molecular complexity index is 1500. The molecule has 1 aliphatic rings. The quantitative estimate of drug-likeness (QED) is 0.258. The molecule has 1 fully saturated rings. The van der Waals surface area contributed by atoms with Gasteiger partial charge in [-0.2, -0.15) is 0 Å². The summed E-state index contributed by atoms with van der Waals surface area (Å²) in [5, 5.41) is 17.1. The van der Waals surface area contributed by atoms with Crippen molar-refractivity contribution in [1.29, 1.82) is 0 Å². The van der Waals surface area contributed by atoms with Crippen LogP contribution < -0.4 is 15.0 Å². The number of ether oxygens (including phenoxy) is 1. The molecular weight excluding hydrogens is 554 g/mol. The van der Waals surface area contributed by atoms with Crippen LogP contribution in [0.15, 0.2) is 59.1 Å². The second kappa shape index (κ2) is 13.6. The highest BCUT2D eigenvalue weighted by molar-refractivity contribution is 5.75. The summed E-state index contributed by atoms with van der Waals surface area (Å²) in [6, 6.07) is 16.1. The minimum Gasteiger partial charge on any atom is -0.491 e. The van der Waals surface area contributed by atoms with Crippen molar-refractivity contribution in [2.24, 2.45) is 0 Å². The number of anilines is 1. The largest absolute Gasteiger partial charge is 0.491 e. The van der Waals surface area contributed by atoms with Gasteiger partial charge in [0.05, 0.1) is 23.0 Å². The molecule has 1 saturated heterocycles. The van der Waals surface area contributed by atoms with E-state index in [4.69, 9.17) is 19.2 Å². The van der Waals surface area contributed by atoms with Crippen LogP contribution in [0.5, 0.6) is 5.75 Å². The third-order valence-electron chi connectivity index (χ3n) is 7.72. The Balaban J connectivity index is 1.51. The maximum absolute atomic E-state index is 14.5. The van der Waals surface area contributed by atoms with Crippen LogP contribution >= 0.6 is 0 Å². The summed E-state index contributed by atoms with van der Waals surface area (Å²) in [6.07, 6.45) is -3.19. The Morgan fingerprint density at radius 2 is 1.86 bits per heavy atom. The highest BCUT2D eigenvalue weighted by Crippen LogP contribution is 2.36. The first-order valence-electron chi connectivity index (χ1n) is 14.4. The first-order chi connectivity index (χ1) is 20.7. The molecule has 2 unspecified atom stereocenters. The molecule has 228 valence electrons. The lowest BCUT2D eigenvalue weighted by molar-refractivity contribution is 0.0148. The van der Waals surface area contributed by atoms with Gasteiger partial charge in [-0.3, -0.25) is 4.90 Å². The molecule has 1 aliphatic heterocycles. The minimum atomic E-state index is -2.53. The van der Waals surface area contributed by atoms with E-state index in [1.54, 1.807) is 13.1 Å². The Labute approximate surface area is 250 Å². The van der Waals surface area contributed by atoms with Crippen molar-refractivity contribution in [2.45, 2.75) is 45.9 Å². The first-order valence-corrected chi connectivity index (χ1v) is 14.4. The number of benzene rings is 2. The van der Waals surface area contributed by atoms with E-state index in [1.807, 2.05) is 79.1 Å². The number of aromatic nitrogens is 3. The maximum Gasteiger partial charge on any atom is 0.255 e. The summed E-state index contributed by atoms with van der Waals surface area (Å²) in [6.45, 7) is 7.69. The maximum atomic E-state index is 14.5. The van der Waals surface area contributed by atoms with E-state index in [2.05, 4.69) is 10.5 Å². The number of aryl methyl sites for hydroxylation is 2. The van der Waals surface area contributed by atoms with Gasteiger partial charge < -0.3 is 24.6 Å². The van der Waals surface area contributed by atoms with Gasteiger partial charge in [0.1, 0.15) is 30.0 Å². The normalized spacial score (nSPS) is 16.6. The van der Waals surface area contributed by atoms with Gasteiger partial charge >= 0.3 is 0 Å². The van der Waals surface area contributed by atoms with Gasteiger partial charge in [-0.1, -0.05) is 47.6 Å². The second-order valence-corrected chi connectivity index (χ2v) is 10.9. The number of hydrogen-bond acceptors (Lipinski definition) is 9. The van der Waals surface area contributed by atoms with E-state index >= 15 is 0 Å². The van der Waals surface area contributed by atoms with E-state index in [0.717, 1.165) is 16.7 Å². The zero-order chi connectivity index (χ0) is 30.5. The van der Waals surface area contributed by atoms with Crippen molar-refractivity contribution >= 4 is 5.82 Å². The van der Waals surface area contributed by atoms with E-state index in [-0.39, 0.29) is 13.2 Å². The van der Waals surface area contributed by atoms with Crippen LogP contribution in [-0.2, 0) is 6.54 Å². The molecule has 2 atom stereocenters. The molecule has 5 rings (SSSR count). The molecule has 3 heterocycles. The lowest BCUT2D eigenvalue weighted by atomic mass is 10.0. The van der Waals surface area contributed by atoms with Crippen LogP contribution in [0, 0.1) is 20.8 Å². The molecule has 2 aromatic heterocycles. The molecule has 4 aromatic rings. The van der Waals surface area contributed by atoms with Crippen LogP contribution in [-0.4, -0.2) is 83.5 Å². The summed E-state index contributed by atoms with van der Waals surface area (Å²) < 4.78 is 40.3. The predicted molar refractivity (Wildman–Crippen MR) is 161 cm³/mol. The van der Waals surface area contributed by atoms with Crippen molar-refractivity contribution < 1.29 is 23.1 Å². The first kappa shape index (κ1) is 30.5. The third-order valence-corrected chi connectivity index (χ3v) is 7.72. The SMILES string of the molecule is CNCC(O)COc1cccc(-c2nc(-c3c(C)noc3C)c(C)c(N3CCN(Cc4ccccc4)C(C(F)F)C3)n2)c1. The van der Waals surface area contributed by atoms with Gasteiger partial charge in [-0.05, 0) is 45.5 Å². The van der Waals surface area contributed by atoms with E-state index in [1.165, 1.54) is 0 Å². The number of rotatable bonds is 11. The van der Waals surface area contributed by atoms with Crippen LogP contribution in [0.3, 0.4) is 0 Å². The van der Waals surface area contributed by atoms with E-state index < -0.39 is 18.6 Å². The molecule has 0 spiro atoms. The standard InChI is InChI=1S/C32H38F2N6O3/c1-20-29(28-21(2)38-43-22(28)3)36-31(24-11-8-12-26(15-24)42-19-25(41)16-35-4)37-32(20)40-14-13-39(27(18-40)30(33)34)17-23-9-6-5-7-10-23/h5-12,15,25,27,30,35,41H,13-14,16-19H2,1-4H3. The van der Waals surface area contributed by atoms with Gasteiger partial charge in [0.15, 0.2) is 5.82 Å². The number of nitrogens with zero attached hydrogens (tertiary/aromatic N) is 5. The van der Waals surface area contributed by atoms with Crippen molar-refractivity contribution in [2.75, 3.05) is 44.7 Å². The Morgan fingerprint density at radius 3 is 2.56 bits per heavy atom. The van der Waals surface area contributed by atoms with Gasteiger partial charge in [0, 0.05) is 43.9 Å². The summed E-state index contributed by atoms with van der Waals surface area (Å²) in [5.74, 6) is 2.20. The highest BCUT2D eigenvalue weighted by atomic mass is 19.3. The second-order valence-electron chi connectivity index (χ2n) is 10.9. The van der Waals surface area contributed by atoms with Crippen molar-refractivity contribution in [3.8, 4) is 28.4 Å². The van der Waals surface area contributed by atoms with Gasteiger partial charge in [-0.25, -0.2) is 18.7 Å². The molecule has 0 saturated carbocycles. The lowest BCUT2D eigenvalue weighted by Gasteiger charge is -2.42. The molecule has 2 aromatic carbocycles. The number of alkyl halides is 2. The average molecular weight is 593 g/mol. The molecule has 43 heavy (non-hydrogen) atoms. The molecular formula is C32H38F2N6O3. The molecule has 11 heteroatoms. The third kappa shape index (κ3) is 7.01. The molecule has 9 nitrogen and oxygen atoms in total. The number of aliphatic hydroxyl groups is 1. The zero-order valence-corrected chi connectivity index (χ0v) is 24.9. The minimum absolute atomic E-state index is 0.120.